The number of aliphatic hydroxyl groups excluding tert-OH is 1. The van der Waals surface area contributed by atoms with Gasteiger partial charge in [-0.1, -0.05) is 6.92 Å². The summed E-state index contributed by atoms with van der Waals surface area (Å²) in [5.74, 6) is -0.477. The zero-order valence-electron chi connectivity index (χ0n) is 7.94. The third kappa shape index (κ3) is 2.42. The molecule has 0 saturated carbocycles. The first-order valence-electron chi connectivity index (χ1n) is 4.76. The molecule has 0 spiro atoms. The van der Waals surface area contributed by atoms with Crippen molar-refractivity contribution in [2.75, 3.05) is 19.7 Å². The Bertz CT molecular complexity index is 184. The number of carbonyl (C=O) groups is 1. The molecule has 0 amide bonds. The van der Waals surface area contributed by atoms with Crippen molar-refractivity contribution in [2.24, 2.45) is 5.92 Å². The van der Waals surface area contributed by atoms with E-state index in [-0.39, 0.29) is 18.6 Å². The molecule has 1 rings (SSSR count). The van der Waals surface area contributed by atoms with E-state index in [1.807, 2.05) is 11.8 Å². The molecule has 1 fully saturated rings. The molecule has 1 saturated heterocycles. The van der Waals surface area contributed by atoms with E-state index < -0.39 is 5.97 Å². The second-order valence-corrected chi connectivity index (χ2v) is 3.59. The van der Waals surface area contributed by atoms with Crippen molar-refractivity contribution in [2.45, 2.75) is 25.8 Å². The summed E-state index contributed by atoms with van der Waals surface area (Å²) >= 11 is 0. The summed E-state index contributed by atoms with van der Waals surface area (Å²) in [6.07, 6.45) is 1.55. The van der Waals surface area contributed by atoms with E-state index in [4.69, 9.17) is 10.2 Å². The number of carboxylic acids is 1. The predicted octanol–water partition coefficient (Wildman–Crippen LogP) is 0.164. The fourth-order valence-corrected chi connectivity index (χ4v) is 1.88. The summed E-state index contributed by atoms with van der Waals surface area (Å²) in [6.45, 7) is 3.58. The van der Waals surface area contributed by atoms with Gasteiger partial charge >= 0.3 is 5.97 Å². The first kappa shape index (κ1) is 10.5. The van der Waals surface area contributed by atoms with Crippen molar-refractivity contribution in [3.05, 3.63) is 0 Å². The summed E-state index contributed by atoms with van der Waals surface area (Å²) in [6, 6.07) is -0.364. The molecule has 1 aliphatic rings. The molecule has 0 aromatic rings. The second-order valence-electron chi connectivity index (χ2n) is 3.59. The normalized spacial score (nSPS) is 26.2. The lowest BCUT2D eigenvalue weighted by Crippen LogP contribution is -2.39. The molecule has 13 heavy (non-hydrogen) atoms. The summed E-state index contributed by atoms with van der Waals surface area (Å²) in [5.41, 5.74) is 0. The Kier molecular flexibility index (Phi) is 3.69. The predicted molar refractivity (Wildman–Crippen MR) is 48.5 cm³/mol. The second kappa shape index (κ2) is 4.58. The van der Waals surface area contributed by atoms with Crippen LogP contribution in [0.25, 0.3) is 0 Å². The van der Waals surface area contributed by atoms with E-state index in [2.05, 4.69) is 0 Å². The quantitative estimate of drug-likeness (QED) is 0.658. The van der Waals surface area contributed by atoms with Crippen LogP contribution in [0.15, 0.2) is 0 Å². The summed E-state index contributed by atoms with van der Waals surface area (Å²) < 4.78 is 0. The van der Waals surface area contributed by atoms with Crippen LogP contribution in [-0.2, 0) is 4.79 Å². The number of aliphatic hydroxyl groups is 1. The Morgan fingerprint density at radius 1 is 1.69 bits per heavy atom. The molecule has 4 heteroatoms. The van der Waals surface area contributed by atoms with E-state index >= 15 is 0 Å². The highest BCUT2D eigenvalue weighted by atomic mass is 16.4. The van der Waals surface area contributed by atoms with Crippen molar-refractivity contribution in [3.8, 4) is 0 Å². The van der Waals surface area contributed by atoms with Gasteiger partial charge in [-0.15, -0.1) is 0 Å². The molecule has 0 aromatic carbocycles. The number of carboxylic acid groups (broad SMARTS) is 1. The Balaban J connectivity index is 2.48. The van der Waals surface area contributed by atoms with Crippen LogP contribution in [0, 0.1) is 5.92 Å². The summed E-state index contributed by atoms with van der Waals surface area (Å²) in [5, 5.41) is 17.8. The van der Waals surface area contributed by atoms with Gasteiger partial charge < -0.3 is 10.2 Å². The molecule has 4 nitrogen and oxygen atoms in total. The standard InChI is InChI=1S/C9H17NO3/c1-2-8(9(12)13)10-4-3-7(5-10)6-11/h7-8,11H,2-6H2,1H3,(H,12,13)/t7-,8-/m1/s1. The fourth-order valence-electron chi connectivity index (χ4n) is 1.88. The number of aliphatic carboxylic acids is 1. The lowest BCUT2D eigenvalue weighted by atomic mass is 10.1. The maximum atomic E-state index is 10.8. The van der Waals surface area contributed by atoms with Crippen LogP contribution in [0.4, 0.5) is 0 Å². The van der Waals surface area contributed by atoms with Crippen molar-refractivity contribution >= 4 is 5.97 Å². The molecule has 1 aliphatic heterocycles. The van der Waals surface area contributed by atoms with Gasteiger partial charge in [-0.25, -0.2) is 0 Å². The number of nitrogens with zero attached hydrogens (tertiary/aromatic N) is 1. The van der Waals surface area contributed by atoms with Gasteiger partial charge in [-0.3, -0.25) is 9.69 Å². The largest absolute Gasteiger partial charge is 0.480 e. The zero-order valence-corrected chi connectivity index (χ0v) is 7.94. The topological polar surface area (TPSA) is 60.8 Å². The van der Waals surface area contributed by atoms with Crippen LogP contribution in [0.5, 0.6) is 0 Å². The highest BCUT2D eigenvalue weighted by Crippen LogP contribution is 2.19. The smallest absolute Gasteiger partial charge is 0.320 e. The minimum absolute atomic E-state index is 0.173. The van der Waals surface area contributed by atoms with Crippen molar-refractivity contribution < 1.29 is 15.0 Å². The molecular formula is C9H17NO3. The molecular weight excluding hydrogens is 170 g/mol. The number of hydrogen-bond donors (Lipinski definition) is 2. The monoisotopic (exact) mass is 187 g/mol. The fraction of sp³-hybridized carbons (Fsp3) is 0.889. The van der Waals surface area contributed by atoms with Crippen LogP contribution in [0.1, 0.15) is 19.8 Å². The molecule has 0 unspecified atom stereocenters. The van der Waals surface area contributed by atoms with Gasteiger partial charge in [0.15, 0.2) is 0 Å². The summed E-state index contributed by atoms with van der Waals surface area (Å²) in [7, 11) is 0. The minimum Gasteiger partial charge on any atom is -0.480 e. The molecule has 2 N–H and O–H groups in total. The molecule has 0 aliphatic carbocycles. The molecule has 0 aromatic heterocycles. The van der Waals surface area contributed by atoms with Crippen LogP contribution in [0.3, 0.4) is 0 Å². The van der Waals surface area contributed by atoms with E-state index in [0.717, 1.165) is 19.5 Å². The third-order valence-corrected chi connectivity index (χ3v) is 2.69. The van der Waals surface area contributed by atoms with Crippen molar-refractivity contribution in [1.29, 1.82) is 0 Å². The van der Waals surface area contributed by atoms with Gasteiger partial charge in [-0.05, 0) is 25.3 Å². The summed E-state index contributed by atoms with van der Waals surface area (Å²) in [4.78, 5) is 12.8. The molecule has 1 heterocycles. The van der Waals surface area contributed by atoms with Crippen LogP contribution in [-0.4, -0.2) is 46.8 Å². The lowest BCUT2D eigenvalue weighted by Gasteiger charge is -2.22. The molecule has 0 radical (unpaired) electrons. The first-order chi connectivity index (χ1) is 6.19. The highest BCUT2D eigenvalue weighted by molar-refractivity contribution is 5.73. The Labute approximate surface area is 78.2 Å². The Morgan fingerprint density at radius 2 is 2.38 bits per heavy atom. The van der Waals surface area contributed by atoms with Gasteiger partial charge in [0.1, 0.15) is 6.04 Å². The van der Waals surface area contributed by atoms with E-state index in [1.165, 1.54) is 0 Å². The molecule has 0 bridgehead atoms. The van der Waals surface area contributed by atoms with E-state index in [0.29, 0.717) is 6.42 Å². The average Bonchev–Trinajstić information content (AvgIpc) is 2.53. The maximum absolute atomic E-state index is 10.8. The average molecular weight is 187 g/mol. The number of hydrogen-bond acceptors (Lipinski definition) is 3. The SMILES string of the molecule is CC[C@H](C(=O)O)N1CC[C@@H](CO)C1. The van der Waals surface area contributed by atoms with Crippen LogP contribution < -0.4 is 0 Å². The van der Waals surface area contributed by atoms with E-state index in [1.54, 1.807) is 0 Å². The highest BCUT2D eigenvalue weighted by Gasteiger charge is 2.30. The van der Waals surface area contributed by atoms with Gasteiger partial charge in [-0.2, -0.15) is 0 Å². The zero-order chi connectivity index (χ0) is 9.84. The molecule has 2 atom stereocenters. The van der Waals surface area contributed by atoms with Crippen LogP contribution in [0.2, 0.25) is 0 Å². The lowest BCUT2D eigenvalue weighted by molar-refractivity contribution is -0.143. The number of likely N-dealkylation sites (tertiary alicyclic amines) is 1. The molecule has 76 valence electrons. The van der Waals surface area contributed by atoms with Gasteiger partial charge in [0.2, 0.25) is 0 Å². The van der Waals surface area contributed by atoms with Gasteiger partial charge in [0.05, 0.1) is 0 Å². The first-order valence-corrected chi connectivity index (χ1v) is 4.76. The maximum Gasteiger partial charge on any atom is 0.320 e. The Morgan fingerprint density at radius 3 is 2.77 bits per heavy atom. The Hall–Kier alpha value is -0.610. The van der Waals surface area contributed by atoms with Gasteiger partial charge in [0.25, 0.3) is 0 Å². The van der Waals surface area contributed by atoms with Crippen molar-refractivity contribution in [1.82, 2.24) is 4.90 Å². The van der Waals surface area contributed by atoms with Gasteiger partial charge in [0, 0.05) is 13.2 Å². The third-order valence-electron chi connectivity index (χ3n) is 2.69. The minimum atomic E-state index is -0.749. The van der Waals surface area contributed by atoms with Crippen molar-refractivity contribution in [3.63, 3.8) is 0 Å². The van der Waals surface area contributed by atoms with E-state index in [9.17, 15) is 4.79 Å². The van der Waals surface area contributed by atoms with Crippen LogP contribution >= 0.6 is 0 Å². The number of rotatable bonds is 4.